The van der Waals surface area contributed by atoms with Crippen molar-refractivity contribution in [2.45, 2.75) is 57.8 Å². The summed E-state index contributed by atoms with van der Waals surface area (Å²) in [7, 11) is 1.51. The van der Waals surface area contributed by atoms with E-state index in [0.717, 1.165) is 14.0 Å². The molecule has 0 aromatic heterocycles. The molecule has 164 valence electrons. The van der Waals surface area contributed by atoms with Gasteiger partial charge in [-0.2, -0.15) is 0 Å². The first-order valence-electron chi connectivity index (χ1n) is 9.98. The Balaban J connectivity index is 1.86. The van der Waals surface area contributed by atoms with Gasteiger partial charge in [-0.3, -0.25) is 4.79 Å². The van der Waals surface area contributed by atoms with E-state index in [4.69, 9.17) is 18.9 Å². The van der Waals surface area contributed by atoms with E-state index in [9.17, 15) is 9.59 Å². The summed E-state index contributed by atoms with van der Waals surface area (Å²) in [6.45, 7) is 6.50. The number of ether oxygens (including phenoxy) is 4. The lowest BCUT2D eigenvalue weighted by atomic mass is 9.92. The first-order valence-corrected chi connectivity index (χ1v) is 11.1. The van der Waals surface area contributed by atoms with Gasteiger partial charge in [-0.1, -0.05) is 17.7 Å². The van der Waals surface area contributed by atoms with E-state index in [1.54, 1.807) is 26.8 Å². The Morgan fingerprint density at radius 3 is 2.50 bits per heavy atom. The van der Waals surface area contributed by atoms with Gasteiger partial charge in [-0.25, -0.2) is 9.69 Å². The molecule has 30 heavy (non-hydrogen) atoms. The second kappa shape index (κ2) is 9.23. The minimum Gasteiger partial charge on any atom is -0.495 e. The molecular formula is C22H28INO6. The van der Waals surface area contributed by atoms with E-state index in [1.165, 1.54) is 7.11 Å². The van der Waals surface area contributed by atoms with Crippen molar-refractivity contribution in [3.63, 3.8) is 0 Å². The first kappa shape index (κ1) is 23.0. The van der Waals surface area contributed by atoms with E-state index < -0.39 is 17.5 Å². The summed E-state index contributed by atoms with van der Waals surface area (Å²) < 4.78 is 23.2. The number of anilines is 1. The Labute approximate surface area is 190 Å². The van der Waals surface area contributed by atoms with E-state index >= 15 is 0 Å². The Morgan fingerprint density at radius 1 is 1.23 bits per heavy atom. The SMILES string of the molecule is COc1cccc(I)c1N(C(=O)CC1=CCC2(CC1)OCCO2)C(=O)OC(C)(C)C. The van der Waals surface area contributed by atoms with Crippen LogP contribution in [0.5, 0.6) is 5.75 Å². The summed E-state index contributed by atoms with van der Waals surface area (Å²) >= 11 is 2.09. The van der Waals surface area contributed by atoms with Gasteiger partial charge >= 0.3 is 6.09 Å². The van der Waals surface area contributed by atoms with Crippen LogP contribution in [0.1, 0.15) is 46.5 Å². The van der Waals surface area contributed by atoms with Crippen LogP contribution in [0, 0.1) is 3.57 Å². The lowest BCUT2D eigenvalue weighted by Crippen LogP contribution is -2.42. The molecule has 1 spiro atoms. The second-order valence-electron chi connectivity index (χ2n) is 8.35. The van der Waals surface area contributed by atoms with Crippen molar-refractivity contribution in [2.24, 2.45) is 0 Å². The highest BCUT2D eigenvalue weighted by Gasteiger charge is 2.39. The highest BCUT2D eigenvalue weighted by Crippen LogP contribution is 2.38. The number of halogens is 1. The van der Waals surface area contributed by atoms with E-state index in [-0.39, 0.29) is 12.3 Å². The van der Waals surface area contributed by atoms with Crippen molar-refractivity contribution < 1.29 is 28.5 Å². The fourth-order valence-electron chi connectivity index (χ4n) is 3.55. The third-order valence-corrected chi connectivity index (χ3v) is 5.81. The van der Waals surface area contributed by atoms with Crippen molar-refractivity contribution in [1.29, 1.82) is 0 Å². The lowest BCUT2D eigenvalue weighted by molar-refractivity contribution is -0.161. The number of hydrogen-bond donors (Lipinski definition) is 0. The number of rotatable bonds is 4. The predicted molar refractivity (Wildman–Crippen MR) is 121 cm³/mol. The Morgan fingerprint density at radius 2 is 1.93 bits per heavy atom. The number of imide groups is 1. The van der Waals surface area contributed by atoms with Crippen LogP contribution in [-0.4, -0.2) is 43.7 Å². The van der Waals surface area contributed by atoms with Crippen LogP contribution in [0.25, 0.3) is 0 Å². The molecule has 1 aromatic rings. The predicted octanol–water partition coefficient (Wildman–Crippen LogP) is 4.81. The topological polar surface area (TPSA) is 74.3 Å². The van der Waals surface area contributed by atoms with Crippen LogP contribution in [-0.2, 0) is 19.0 Å². The van der Waals surface area contributed by atoms with Gasteiger partial charge in [0.05, 0.1) is 20.3 Å². The zero-order valence-corrected chi connectivity index (χ0v) is 20.0. The fourth-order valence-corrected chi connectivity index (χ4v) is 4.27. The molecule has 3 rings (SSSR count). The standard InChI is InChI=1S/C22H28INO6/c1-21(2,3)30-20(26)24(19-16(23)6-5-7-17(19)27-4)18(25)14-15-8-10-22(11-9-15)28-12-13-29-22/h5-8H,9-14H2,1-4H3. The second-order valence-corrected chi connectivity index (χ2v) is 9.51. The van der Waals surface area contributed by atoms with Crippen LogP contribution in [0.4, 0.5) is 10.5 Å². The highest BCUT2D eigenvalue weighted by molar-refractivity contribution is 14.1. The van der Waals surface area contributed by atoms with Gasteiger partial charge in [0.1, 0.15) is 17.0 Å². The largest absolute Gasteiger partial charge is 0.495 e. The Bertz CT molecular complexity index is 839. The summed E-state index contributed by atoms with van der Waals surface area (Å²) in [5, 5.41) is 0. The normalized spacial score (nSPS) is 18.1. The number of carbonyl (C=O) groups excluding carboxylic acids is 2. The quantitative estimate of drug-likeness (QED) is 0.412. The number of benzene rings is 1. The van der Waals surface area contributed by atoms with Crippen LogP contribution in [0.3, 0.4) is 0 Å². The van der Waals surface area contributed by atoms with Gasteiger partial charge in [0, 0.05) is 22.8 Å². The molecule has 0 N–H and O–H groups in total. The molecule has 0 atom stereocenters. The number of amides is 2. The van der Waals surface area contributed by atoms with Gasteiger partial charge in [-0.15, -0.1) is 0 Å². The maximum atomic E-state index is 13.3. The van der Waals surface area contributed by atoms with Gasteiger partial charge in [0.15, 0.2) is 5.79 Å². The summed E-state index contributed by atoms with van der Waals surface area (Å²) in [5.41, 5.74) is 0.620. The number of nitrogens with zero attached hydrogens (tertiary/aromatic N) is 1. The molecule has 1 heterocycles. The van der Waals surface area contributed by atoms with Crippen LogP contribution in [0.15, 0.2) is 29.8 Å². The van der Waals surface area contributed by atoms with Gasteiger partial charge in [0.2, 0.25) is 5.91 Å². The lowest BCUT2D eigenvalue weighted by Gasteiger charge is -2.31. The molecule has 7 nitrogen and oxygen atoms in total. The van der Waals surface area contributed by atoms with Crippen LogP contribution >= 0.6 is 22.6 Å². The molecule has 1 fully saturated rings. The average molecular weight is 529 g/mol. The van der Waals surface area contributed by atoms with Gasteiger partial charge in [-0.05, 0) is 61.9 Å². The third kappa shape index (κ3) is 5.33. The van der Waals surface area contributed by atoms with Crippen molar-refractivity contribution in [2.75, 3.05) is 25.2 Å². The monoisotopic (exact) mass is 529 g/mol. The van der Waals surface area contributed by atoms with Crippen LogP contribution < -0.4 is 9.64 Å². The summed E-state index contributed by atoms with van der Waals surface area (Å²) in [4.78, 5) is 27.5. The molecule has 0 saturated carbocycles. The minimum atomic E-state index is -0.739. The molecule has 0 bridgehead atoms. The molecule has 2 aliphatic rings. The maximum Gasteiger partial charge on any atom is 0.421 e. The number of para-hydroxylation sites is 1. The smallest absolute Gasteiger partial charge is 0.421 e. The van der Waals surface area contributed by atoms with Gasteiger partial charge in [0.25, 0.3) is 0 Å². The van der Waals surface area contributed by atoms with Crippen molar-refractivity contribution in [3.8, 4) is 5.75 Å². The molecule has 1 aliphatic heterocycles. The zero-order chi connectivity index (χ0) is 21.9. The minimum absolute atomic E-state index is 0.115. The van der Waals surface area contributed by atoms with Crippen molar-refractivity contribution >= 4 is 40.3 Å². The fraction of sp³-hybridized carbons (Fsp3) is 0.545. The zero-order valence-electron chi connectivity index (χ0n) is 17.8. The van der Waals surface area contributed by atoms with Gasteiger partial charge < -0.3 is 18.9 Å². The average Bonchev–Trinajstić information content (AvgIpc) is 3.12. The molecule has 0 unspecified atom stereocenters. The molecular weight excluding hydrogens is 501 g/mol. The molecule has 0 radical (unpaired) electrons. The van der Waals surface area contributed by atoms with E-state index in [2.05, 4.69) is 22.6 Å². The Hall–Kier alpha value is -1.65. The molecule has 1 saturated heterocycles. The van der Waals surface area contributed by atoms with E-state index in [1.807, 2.05) is 18.2 Å². The van der Waals surface area contributed by atoms with Crippen LogP contribution in [0.2, 0.25) is 0 Å². The highest BCUT2D eigenvalue weighted by atomic mass is 127. The summed E-state index contributed by atoms with van der Waals surface area (Å²) in [5.74, 6) is -0.470. The molecule has 1 aliphatic carbocycles. The summed E-state index contributed by atoms with van der Waals surface area (Å²) in [6.07, 6.45) is 3.37. The number of methoxy groups -OCH3 is 1. The number of carbonyl (C=O) groups is 2. The van der Waals surface area contributed by atoms with E-state index in [0.29, 0.717) is 43.9 Å². The summed E-state index contributed by atoms with van der Waals surface area (Å²) in [6, 6.07) is 5.36. The first-order chi connectivity index (χ1) is 14.1. The van der Waals surface area contributed by atoms with Crippen molar-refractivity contribution in [1.82, 2.24) is 0 Å². The Kier molecular flexibility index (Phi) is 7.09. The third-order valence-electron chi connectivity index (χ3n) is 4.94. The molecule has 2 amide bonds. The molecule has 1 aromatic carbocycles. The maximum absolute atomic E-state index is 13.3. The molecule has 8 heteroatoms. The number of hydrogen-bond acceptors (Lipinski definition) is 6. The van der Waals surface area contributed by atoms with Crippen molar-refractivity contribution in [3.05, 3.63) is 33.4 Å².